The number of hydrogen-bond acceptors (Lipinski definition) is 9. The molecule has 11 heteroatoms. The van der Waals surface area contributed by atoms with E-state index in [0.717, 1.165) is 25.7 Å². The van der Waals surface area contributed by atoms with Crippen molar-refractivity contribution in [2.45, 2.75) is 56.4 Å². The molecule has 0 saturated carbocycles. The van der Waals surface area contributed by atoms with E-state index in [4.69, 9.17) is 20.2 Å². The van der Waals surface area contributed by atoms with Crippen LogP contribution in [0.5, 0.6) is 0 Å². The van der Waals surface area contributed by atoms with E-state index >= 15 is 0 Å². The first kappa shape index (κ1) is 20.0. The molecule has 2 aromatic heterocycles. The summed E-state index contributed by atoms with van der Waals surface area (Å²) in [6.45, 7) is 2.58. The largest absolute Gasteiger partial charge is 0.384 e. The van der Waals surface area contributed by atoms with Crippen molar-refractivity contribution in [3.63, 3.8) is 0 Å². The van der Waals surface area contributed by atoms with Crippen LogP contribution < -0.4 is 15.5 Å². The van der Waals surface area contributed by atoms with Crippen molar-refractivity contribution in [2.24, 2.45) is 0 Å². The Morgan fingerprint density at radius 3 is 2.34 bits per heavy atom. The minimum absolute atomic E-state index is 0.0366. The molecule has 4 saturated heterocycles. The fraction of sp³-hybridized carbons (Fsp3) is 0.619. The summed E-state index contributed by atoms with van der Waals surface area (Å²) in [6, 6.07) is 1.55. The van der Waals surface area contributed by atoms with Crippen LogP contribution >= 0.6 is 0 Å². The third-order valence-corrected chi connectivity index (χ3v) is 6.84. The number of pyridine rings is 1. The van der Waals surface area contributed by atoms with Crippen LogP contribution in [0.15, 0.2) is 12.3 Å². The fourth-order valence-corrected chi connectivity index (χ4v) is 5.32. The summed E-state index contributed by atoms with van der Waals surface area (Å²) in [7, 11) is 0. The molecule has 4 atom stereocenters. The van der Waals surface area contributed by atoms with E-state index in [2.05, 4.69) is 24.8 Å². The molecular weight excluding hydrogens is 420 g/mol. The van der Waals surface area contributed by atoms with Gasteiger partial charge < -0.3 is 25.0 Å². The van der Waals surface area contributed by atoms with Gasteiger partial charge in [0.25, 0.3) is 6.43 Å². The van der Waals surface area contributed by atoms with Crippen LogP contribution in [0.2, 0.25) is 0 Å². The molecule has 0 amide bonds. The molecule has 170 valence electrons. The van der Waals surface area contributed by atoms with Crippen molar-refractivity contribution in [1.29, 1.82) is 0 Å². The van der Waals surface area contributed by atoms with Gasteiger partial charge in [0.05, 0.1) is 37.5 Å². The highest BCUT2D eigenvalue weighted by atomic mass is 19.3. The van der Waals surface area contributed by atoms with Crippen molar-refractivity contribution in [2.75, 3.05) is 41.8 Å². The van der Waals surface area contributed by atoms with E-state index in [1.54, 1.807) is 0 Å². The molecule has 4 fully saturated rings. The smallest absolute Gasteiger partial charge is 0.264 e. The van der Waals surface area contributed by atoms with Crippen molar-refractivity contribution in [3.8, 4) is 11.4 Å². The predicted molar refractivity (Wildman–Crippen MR) is 113 cm³/mol. The number of fused-ring (bicyclic) bond motifs is 4. The molecule has 4 unspecified atom stereocenters. The summed E-state index contributed by atoms with van der Waals surface area (Å²) in [5.74, 6) is 1.23. The minimum atomic E-state index is -2.72. The lowest BCUT2D eigenvalue weighted by Gasteiger charge is -2.36. The van der Waals surface area contributed by atoms with Crippen molar-refractivity contribution in [3.05, 3.63) is 17.8 Å². The number of anilines is 3. The predicted octanol–water partition coefficient (Wildman–Crippen LogP) is 2.19. The highest BCUT2D eigenvalue weighted by molar-refractivity contribution is 5.64. The Balaban J connectivity index is 1.46. The second-order valence-electron chi connectivity index (χ2n) is 8.95. The Morgan fingerprint density at radius 1 is 0.969 bits per heavy atom. The number of hydrogen-bond donors (Lipinski definition) is 1. The van der Waals surface area contributed by atoms with E-state index in [9.17, 15) is 8.78 Å². The van der Waals surface area contributed by atoms with Gasteiger partial charge in [-0.3, -0.25) is 0 Å². The lowest BCUT2D eigenvalue weighted by atomic mass is 10.1. The van der Waals surface area contributed by atoms with Gasteiger partial charge in [0, 0.05) is 30.4 Å². The third kappa shape index (κ3) is 3.43. The van der Waals surface area contributed by atoms with E-state index in [1.165, 1.54) is 12.3 Å². The van der Waals surface area contributed by atoms with Crippen LogP contribution in [0, 0.1) is 0 Å². The minimum Gasteiger partial charge on any atom is -0.384 e. The molecule has 0 aliphatic carbocycles. The molecule has 0 aromatic carbocycles. The van der Waals surface area contributed by atoms with E-state index in [0.29, 0.717) is 38.2 Å². The summed E-state index contributed by atoms with van der Waals surface area (Å²) in [4.78, 5) is 22.4. The van der Waals surface area contributed by atoms with Crippen molar-refractivity contribution in [1.82, 2.24) is 19.9 Å². The average molecular weight is 445 g/mol. The molecular formula is C21H25F2N7O2. The van der Waals surface area contributed by atoms with Crippen LogP contribution in [0.4, 0.5) is 26.5 Å². The van der Waals surface area contributed by atoms with Gasteiger partial charge in [0.15, 0.2) is 5.82 Å². The first-order valence-corrected chi connectivity index (χ1v) is 11.1. The third-order valence-electron chi connectivity index (χ3n) is 6.84. The second-order valence-corrected chi connectivity index (χ2v) is 8.95. The SMILES string of the molecule is Nc1cc(C(F)F)c(-c2nc(N3CC4CCC(C3)O4)nc(N3C4CCC3COC4)n2)cn1. The fourth-order valence-electron chi connectivity index (χ4n) is 5.32. The summed E-state index contributed by atoms with van der Waals surface area (Å²) in [5.41, 5.74) is 5.62. The van der Waals surface area contributed by atoms with Crippen LogP contribution in [-0.4, -0.2) is 70.5 Å². The van der Waals surface area contributed by atoms with Crippen LogP contribution in [0.25, 0.3) is 11.4 Å². The number of nitrogen functional groups attached to an aromatic ring is 1. The number of ether oxygens (including phenoxy) is 2. The van der Waals surface area contributed by atoms with Gasteiger partial charge in [-0.25, -0.2) is 13.8 Å². The summed E-state index contributed by atoms with van der Waals surface area (Å²) in [5, 5.41) is 0. The zero-order chi connectivity index (χ0) is 21.8. The molecule has 6 rings (SSSR count). The molecule has 2 aromatic rings. The Bertz CT molecular complexity index is 998. The Kier molecular flexibility index (Phi) is 4.83. The van der Waals surface area contributed by atoms with E-state index in [1.807, 2.05) is 0 Å². The zero-order valence-corrected chi connectivity index (χ0v) is 17.5. The summed E-state index contributed by atoms with van der Waals surface area (Å²) < 4.78 is 39.3. The zero-order valence-electron chi connectivity index (χ0n) is 17.5. The number of aromatic nitrogens is 4. The number of nitrogens with two attached hydrogens (primary N) is 1. The van der Waals surface area contributed by atoms with Crippen LogP contribution in [0.3, 0.4) is 0 Å². The van der Waals surface area contributed by atoms with Gasteiger partial charge in [-0.1, -0.05) is 0 Å². The summed E-state index contributed by atoms with van der Waals surface area (Å²) in [6.07, 6.45) is 2.91. The van der Waals surface area contributed by atoms with Gasteiger partial charge >= 0.3 is 0 Å². The lowest BCUT2D eigenvalue weighted by Crippen LogP contribution is -2.47. The quantitative estimate of drug-likeness (QED) is 0.759. The standard InChI is InChI=1S/C21H25F2N7O2/c22-18(23)15-5-17(24)25-6-16(15)19-26-20(29-7-13-3-4-14(8-29)32-13)28-21(27-19)30-11-1-2-12(30)10-31-9-11/h5-6,11-14,18H,1-4,7-10H2,(H2,24,25). The highest BCUT2D eigenvalue weighted by Crippen LogP contribution is 2.36. The Labute approximate surface area is 184 Å². The number of rotatable bonds is 4. The second kappa shape index (κ2) is 7.73. The maximum absolute atomic E-state index is 13.8. The van der Waals surface area contributed by atoms with Gasteiger partial charge in [0.2, 0.25) is 11.9 Å². The molecule has 2 N–H and O–H groups in total. The van der Waals surface area contributed by atoms with E-state index in [-0.39, 0.29) is 47.1 Å². The molecule has 4 aliphatic heterocycles. The molecule has 4 aliphatic rings. The van der Waals surface area contributed by atoms with Crippen LogP contribution in [-0.2, 0) is 9.47 Å². The molecule has 0 radical (unpaired) electrons. The lowest BCUT2D eigenvalue weighted by molar-refractivity contribution is 0.0299. The van der Waals surface area contributed by atoms with E-state index < -0.39 is 6.43 Å². The number of morpholine rings is 2. The van der Waals surface area contributed by atoms with Gasteiger partial charge in [0.1, 0.15) is 5.82 Å². The van der Waals surface area contributed by atoms with Crippen LogP contribution in [0.1, 0.15) is 37.7 Å². The first-order valence-electron chi connectivity index (χ1n) is 11.1. The molecule has 9 nitrogen and oxygen atoms in total. The Hall–Kier alpha value is -2.66. The molecule has 32 heavy (non-hydrogen) atoms. The van der Waals surface area contributed by atoms with Crippen molar-refractivity contribution >= 4 is 17.7 Å². The monoisotopic (exact) mass is 445 g/mol. The number of alkyl halides is 2. The molecule has 6 heterocycles. The highest BCUT2D eigenvalue weighted by Gasteiger charge is 2.40. The van der Waals surface area contributed by atoms with Gasteiger partial charge in [-0.15, -0.1) is 0 Å². The maximum Gasteiger partial charge on any atom is 0.264 e. The maximum atomic E-state index is 13.8. The van der Waals surface area contributed by atoms with Gasteiger partial charge in [-0.05, 0) is 31.7 Å². The molecule has 4 bridgehead atoms. The summed E-state index contributed by atoms with van der Waals surface area (Å²) >= 11 is 0. The number of nitrogens with zero attached hydrogens (tertiary/aromatic N) is 6. The normalized spacial score (nSPS) is 29.2. The van der Waals surface area contributed by atoms with Gasteiger partial charge in [-0.2, -0.15) is 15.0 Å². The average Bonchev–Trinajstić information content (AvgIpc) is 3.26. The Morgan fingerprint density at radius 2 is 1.66 bits per heavy atom. The van der Waals surface area contributed by atoms with Crippen molar-refractivity contribution < 1.29 is 18.3 Å². The molecule has 0 spiro atoms. The number of halogens is 2. The topological polar surface area (TPSA) is 103 Å². The first-order chi connectivity index (χ1) is 15.5.